The summed E-state index contributed by atoms with van der Waals surface area (Å²) in [4.78, 5) is 17.6. The van der Waals surface area contributed by atoms with E-state index in [-0.39, 0.29) is 5.91 Å². The lowest BCUT2D eigenvalue weighted by Crippen LogP contribution is -2.33. The molecule has 0 saturated heterocycles. The molecule has 2 rings (SSSR count). The Balaban J connectivity index is 2.55. The Morgan fingerprint density at radius 3 is 3.13 bits per heavy atom. The van der Waals surface area contributed by atoms with Gasteiger partial charge in [0.15, 0.2) is 0 Å². The number of para-hydroxylation sites is 1. The van der Waals surface area contributed by atoms with Gasteiger partial charge in [-0.05, 0) is 24.6 Å². The highest BCUT2D eigenvalue weighted by Crippen LogP contribution is 2.33. The minimum atomic E-state index is -0.0864. The molecule has 0 spiro atoms. The Kier molecular flexibility index (Phi) is 2.37. The summed E-state index contributed by atoms with van der Waals surface area (Å²) in [5.74, 6) is -0.0864. The number of amides is 1. The fourth-order valence-electron chi connectivity index (χ4n) is 1.72. The summed E-state index contributed by atoms with van der Waals surface area (Å²) in [6.45, 7) is 5.99. The highest BCUT2D eigenvalue weighted by Gasteiger charge is 2.19. The summed E-state index contributed by atoms with van der Waals surface area (Å²) in [6, 6.07) is 5.82. The van der Waals surface area contributed by atoms with Gasteiger partial charge in [0.25, 0.3) is 5.91 Å². The van der Waals surface area contributed by atoms with E-state index < -0.39 is 0 Å². The number of carbonyl (C=O) groups is 1. The van der Waals surface area contributed by atoms with Gasteiger partial charge in [0.1, 0.15) is 0 Å². The standard InChI is InChI=1S/C12H12N2O/c1-3-11(15)14-8-7-13-10-6-4-5-9(2)12(10)14/h3-7H,1,8H2,2H3. The Hall–Kier alpha value is -1.90. The van der Waals surface area contributed by atoms with E-state index >= 15 is 0 Å². The van der Waals surface area contributed by atoms with Crippen LogP contribution in [0, 0.1) is 6.92 Å². The maximum absolute atomic E-state index is 11.6. The molecule has 1 amide bonds. The molecule has 1 aromatic rings. The van der Waals surface area contributed by atoms with Crippen LogP contribution in [0.3, 0.4) is 0 Å². The van der Waals surface area contributed by atoms with Crippen molar-refractivity contribution in [2.45, 2.75) is 6.92 Å². The second kappa shape index (κ2) is 3.69. The normalized spacial score (nSPS) is 13.5. The molecule has 1 aliphatic rings. The Labute approximate surface area is 88.7 Å². The summed E-state index contributed by atoms with van der Waals surface area (Å²) in [6.07, 6.45) is 3.07. The molecule has 1 heterocycles. The molecule has 0 N–H and O–H groups in total. The molecule has 0 unspecified atom stereocenters. The van der Waals surface area contributed by atoms with Gasteiger partial charge in [0, 0.05) is 6.21 Å². The number of rotatable bonds is 1. The van der Waals surface area contributed by atoms with E-state index in [0.717, 1.165) is 16.9 Å². The van der Waals surface area contributed by atoms with Crippen molar-refractivity contribution < 1.29 is 4.79 Å². The van der Waals surface area contributed by atoms with E-state index in [2.05, 4.69) is 11.6 Å². The second-order valence-electron chi connectivity index (χ2n) is 3.41. The number of hydrogen-bond donors (Lipinski definition) is 0. The van der Waals surface area contributed by atoms with Crippen LogP contribution in [-0.2, 0) is 4.79 Å². The molecular formula is C12H12N2O. The van der Waals surface area contributed by atoms with Crippen molar-refractivity contribution in [3.05, 3.63) is 36.4 Å². The minimum absolute atomic E-state index is 0.0864. The van der Waals surface area contributed by atoms with Crippen LogP contribution in [0.4, 0.5) is 11.4 Å². The average molecular weight is 200 g/mol. The third kappa shape index (κ3) is 1.56. The maximum Gasteiger partial charge on any atom is 0.250 e. The van der Waals surface area contributed by atoms with Crippen LogP contribution in [0.25, 0.3) is 0 Å². The number of anilines is 1. The predicted octanol–water partition coefficient (Wildman–Crippen LogP) is 2.23. The van der Waals surface area contributed by atoms with Gasteiger partial charge >= 0.3 is 0 Å². The summed E-state index contributed by atoms with van der Waals surface area (Å²) in [5.41, 5.74) is 2.79. The molecule has 0 fully saturated rings. The molecule has 1 aliphatic heterocycles. The number of benzene rings is 1. The highest BCUT2D eigenvalue weighted by molar-refractivity contribution is 6.07. The van der Waals surface area contributed by atoms with Gasteiger partial charge in [-0.15, -0.1) is 0 Å². The number of carbonyl (C=O) groups excluding carboxylic acids is 1. The maximum atomic E-state index is 11.6. The van der Waals surface area contributed by atoms with E-state index in [1.807, 2.05) is 25.1 Å². The number of nitrogens with zero attached hydrogens (tertiary/aromatic N) is 2. The molecule has 0 bridgehead atoms. The Morgan fingerprint density at radius 1 is 1.60 bits per heavy atom. The van der Waals surface area contributed by atoms with E-state index in [4.69, 9.17) is 0 Å². The van der Waals surface area contributed by atoms with Crippen molar-refractivity contribution in [1.29, 1.82) is 0 Å². The van der Waals surface area contributed by atoms with E-state index in [1.54, 1.807) is 11.1 Å². The number of fused-ring (bicyclic) bond motifs is 1. The third-order valence-corrected chi connectivity index (χ3v) is 2.42. The first-order chi connectivity index (χ1) is 7.24. The lowest BCUT2D eigenvalue weighted by atomic mass is 10.1. The zero-order chi connectivity index (χ0) is 10.8. The number of hydrogen-bond acceptors (Lipinski definition) is 2. The molecule has 76 valence electrons. The Bertz CT molecular complexity index is 449. The first kappa shape index (κ1) is 9.65. The Morgan fingerprint density at radius 2 is 2.40 bits per heavy atom. The first-order valence-corrected chi connectivity index (χ1v) is 4.80. The van der Waals surface area contributed by atoms with Crippen LogP contribution in [0.1, 0.15) is 5.56 Å². The van der Waals surface area contributed by atoms with Crippen molar-refractivity contribution in [2.75, 3.05) is 11.4 Å². The van der Waals surface area contributed by atoms with Gasteiger partial charge in [0.2, 0.25) is 0 Å². The van der Waals surface area contributed by atoms with Crippen molar-refractivity contribution in [2.24, 2.45) is 4.99 Å². The van der Waals surface area contributed by atoms with Crippen LogP contribution in [0.5, 0.6) is 0 Å². The van der Waals surface area contributed by atoms with Crippen molar-refractivity contribution in [1.82, 2.24) is 0 Å². The van der Waals surface area contributed by atoms with Crippen molar-refractivity contribution in [3.63, 3.8) is 0 Å². The first-order valence-electron chi connectivity index (χ1n) is 4.80. The van der Waals surface area contributed by atoms with Gasteiger partial charge in [-0.1, -0.05) is 18.7 Å². The summed E-state index contributed by atoms with van der Waals surface area (Å²) < 4.78 is 0. The van der Waals surface area contributed by atoms with Crippen molar-refractivity contribution >= 4 is 23.5 Å². The van der Waals surface area contributed by atoms with Crippen LogP contribution in [-0.4, -0.2) is 18.7 Å². The smallest absolute Gasteiger partial charge is 0.250 e. The van der Waals surface area contributed by atoms with Crippen LogP contribution < -0.4 is 4.90 Å². The summed E-state index contributed by atoms with van der Waals surface area (Å²) >= 11 is 0. The molecule has 3 heteroatoms. The molecule has 15 heavy (non-hydrogen) atoms. The van der Waals surface area contributed by atoms with E-state index in [9.17, 15) is 4.79 Å². The molecular weight excluding hydrogens is 188 g/mol. The molecule has 0 aromatic heterocycles. The second-order valence-corrected chi connectivity index (χ2v) is 3.41. The van der Waals surface area contributed by atoms with Gasteiger partial charge in [-0.2, -0.15) is 0 Å². The zero-order valence-corrected chi connectivity index (χ0v) is 8.60. The largest absolute Gasteiger partial charge is 0.301 e. The molecule has 0 atom stereocenters. The van der Waals surface area contributed by atoms with Crippen LogP contribution in [0.2, 0.25) is 0 Å². The van der Waals surface area contributed by atoms with Crippen LogP contribution >= 0.6 is 0 Å². The molecule has 1 aromatic carbocycles. The van der Waals surface area contributed by atoms with E-state index in [1.165, 1.54) is 6.08 Å². The minimum Gasteiger partial charge on any atom is -0.301 e. The van der Waals surface area contributed by atoms with Gasteiger partial charge in [-0.25, -0.2) is 0 Å². The van der Waals surface area contributed by atoms with Gasteiger partial charge in [0.05, 0.1) is 17.9 Å². The van der Waals surface area contributed by atoms with Crippen molar-refractivity contribution in [3.8, 4) is 0 Å². The number of aliphatic imine (C=N–C) groups is 1. The quantitative estimate of drug-likeness (QED) is 0.640. The fraction of sp³-hybridized carbons (Fsp3) is 0.167. The predicted molar refractivity (Wildman–Crippen MR) is 61.9 cm³/mol. The SMILES string of the molecule is C=CC(=O)N1CC=Nc2cccc(C)c21. The average Bonchev–Trinajstić information content (AvgIpc) is 2.28. The molecule has 0 radical (unpaired) electrons. The molecule has 0 saturated carbocycles. The lowest BCUT2D eigenvalue weighted by molar-refractivity contribution is -0.114. The van der Waals surface area contributed by atoms with E-state index in [0.29, 0.717) is 6.54 Å². The molecule has 0 aliphatic carbocycles. The highest BCUT2D eigenvalue weighted by atomic mass is 16.2. The fourth-order valence-corrected chi connectivity index (χ4v) is 1.72. The topological polar surface area (TPSA) is 32.7 Å². The summed E-state index contributed by atoms with van der Waals surface area (Å²) in [5, 5.41) is 0. The number of aryl methyl sites for hydroxylation is 1. The third-order valence-electron chi connectivity index (χ3n) is 2.42. The zero-order valence-electron chi connectivity index (χ0n) is 8.60. The summed E-state index contributed by atoms with van der Waals surface area (Å²) in [7, 11) is 0. The van der Waals surface area contributed by atoms with Gasteiger partial charge in [-0.3, -0.25) is 9.79 Å². The monoisotopic (exact) mass is 200 g/mol. The lowest BCUT2D eigenvalue weighted by Gasteiger charge is -2.25. The van der Waals surface area contributed by atoms with Crippen LogP contribution in [0.15, 0.2) is 35.8 Å². The van der Waals surface area contributed by atoms with Gasteiger partial charge < -0.3 is 4.90 Å². The molecule has 3 nitrogen and oxygen atoms in total.